The minimum atomic E-state index is -0.276. The van der Waals surface area contributed by atoms with E-state index in [1.165, 1.54) is 12.7 Å². The number of methoxy groups -OCH3 is 1. The fourth-order valence-corrected chi connectivity index (χ4v) is 3.28. The fourth-order valence-electron chi connectivity index (χ4n) is 3.28. The van der Waals surface area contributed by atoms with Gasteiger partial charge in [-0.25, -0.2) is 9.78 Å². The summed E-state index contributed by atoms with van der Waals surface area (Å²) in [7, 11) is 1.41. The van der Waals surface area contributed by atoms with E-state index in [1.54, 1.807) is 6.07 Å². The van der Waals surface area contributed by atoms with E-state index in [0.29, 0.717) is 11.5 Å². The molecule has 1 saturated heterocycles. The number of likely N-dealkylation sites (tertiary alicyclic amines) is 1. The molecule has 1 N–H and O–H groups in total. The van der Waals surface area contributed by atoms with E-state index in [1.807, 2.05) is 12.1 Å². The number of nitrogens with zero attached hydrogens (tertiary/aromatic N) is 3. The number of aromatic nitrogens is 3. The molecule has 0 radical (unpaired) electrons. The molecule has 1 aromatic heterocycles. The molecule has 0 amide bonds. The first-order chi connectivity index (χ1) is 11.7. The van der Waals surface area contributed by atoms with E-state index >= 15 is 0 Å². The molecule has 1 aliphatic rings. The molecule has 1 atom stereocenters. The van der Waals surface area contributed by atoms with Gasteiger partial charge in [0.15, 0.2) is 0 Å². The summed E-state index contributed by atoms with van der Waals surface area (Å²) in [5.74, 6) is 2.15. The summed E-state index contributed by atoms with van der Waals surface area (Å²) >= 11 is 0. The van der Waals surface area contributed by atoms with Crippen LogP contribution in [0.1, 0.15) is 40.9 Å². The molecule has 3 rings (SSSR count). The summed E-state index contributed by atoms with van der Waals surface area (Å²) in [6.07, 6.45) is 3.00. The Balaban J connectivity index is 1.55. The molecule has 128 valence electrons. The number of nitrogens with one attached hydrogen (secondary N) is 1. The van der Waals surface area contributed by atoms with E-state index in [9.17, 15) is 4.79 Å². The molecule has 2 heterocycles. The number of aryl methyl sites for hydroxylation is 1. The summed E-state index contributed by atoms with van der Waals surface area (Å²) in [6, 6.07) is 7.75. The van der Waals surface area contributed by atoms with Crippen molar-refractivity contribution in [2.24, 2.45) is 5.92 Å². The Hall–Kier alpha value is -2.21. The highest BCUT2D eigenvalue weighted by Crippen LogP contribution is 2.22. The Morgan fingerprint density at radius 2 is 2.33 bits per heavy atom. The van der Waals surface area contributed by atoms with E-state index in [0.717, 1.165) is 50.5 Å². The van der Waals surface area contributed by atoms with Crippen LogP contribution in [0.4, 0.5) is 0 Å². The van der Waals surface area contributed by atoms with Crippen molar-refractivity contribution in [3.05, 3.63) is 47.0 Å². The quantitative estimate of drug-likeness (QED) is 0.823. The molecule has 6 heteroatoms. The highest BCUT2D eigenvalue weighted by atomic mass is 16.5. The van der Waals surface area contributed by atoms with Gasteiger partial charge in [0.1, 0.15) is 11.6 Å². The first kappa shape index (κ1) is 16.6. The number of rotatable bonds is 6. The lowest BCUT2D eigenvalue weighted by molar-refractivity contribution is 0.0600. The van der Waals surface area contributed by atoms with Crippen LogP contribution >= 0.6 is 0 Å². The van der Waals surface area contributed by atoms with Crippen LogP contribution in [0, 0.1) is 5.92 Å². The van der Waals surface area contributed by atoms with Gasteiger partial charge >= 0.3 is 5.97 Å². The SMILES string of the molecule is CCc1n[nH]c(CN2CCC(Cc3cccc(C(=O)OC)c3)C2)n1. The predicted octanol–water partition coefficient (Wildman–Crippen LogP) is 2.22. The molecule has 6 nitrogen and oxygen atoms in total. The van der Waals surface area contributed by atoms with Gasteiger partial charge in [0.2, 0.25) is 0 Å². The summed E-state index contributed by atoms with van der Waals surface area (Å²) in [6.45, 7) is 5.00. The third kappa shape index (κ3) is 4.00. The van der Waals surface area contributed by atoms with E-state index in [-0.39, 0.29) is 5.97 Å². The summed E-state index contributed by atoms with van der Waals surface area (Å²) in [4.78, 5) is 18.5. The van der Waals surface area contributed by atoms with Crippen molar-refractivity contribution in [3.8, 4) is 0 Å². The maximum Gasteiger partial charge on any atom is 0.337 e. The zero-order chi connectivity index (χ0) is 16.9. The first-order valence-electron chi connectivity index (χ1n) is 8.47. The lowest BCUT2D eigenvalue weighted by Gasteiger charge is -2.14. The highest BCUT2D eigenvalue weighted by molar-refractivity contribution is 5.89. The standard InChI is InChI=1S/C18H24N4O2/c1-3-16-19-17(21-20-16)12-22-8-7-14(11-22)9-13-5-4-6-15(10-13)18(23)24-2/h4-6,10,14H,3,7-9,11-12H2,1-2H3,(H,19,20,21). The van der Waals surface area contributed by atoms with Gasteiger partial charge in [-0.15, -0.1) is 0 Å². The van der Waals surface area contributed by atoms with Gasteiger partial charge in [-0.3, -0.25) is 10.00 Å². The number of hydrogen-bond acceptors (Lipinski definition) is 5. The Kier molecular flexibility index (Phi) is 5.25. The number of carbonyl (C=O) groups excluding carboxylic acids is 1. The van der Waals surface area contributed by atoms with Crippen molar-refractivity contribution in [3.63, 3.8) is 0 Å². The summed E-state index contributed by atoms with van der Waals surface area (Å²) in [5.41, 5.74) is 1.82. The topological polar surface area (TPSA) is 71.1 Å². The highest BCUT2D eigenvalue weighted by Gasteiger charge is 2.23. The van der Waals surface area contributed by atoms with Gasteiger partial charge in [-0.1, -0.05) is 19.1 Å². The van der Waals surface area contributed by atoms with Crippen molar-refractivity contribution in [2.75, 3.05) is 20.2 Å². The molecule has 1 aromatic carbocycles. The number of ether oxygens (including phenoxy) is 1. The fraction of sp³-hybridized carbons (Fsp3) is 0.500. The maximum absolute atomic E-state index is 11.6. The maximum atomic E-state index is 11.6. The normalized spacial score (nSPS) is 18.0. The first-order valence-corrected chi connectivity index (χ1v) is 8.47. The molecular formula is C18H24N4O2. The van der Waals surface area contributed by atoms with Crippen LogP contribution in [0.3, 0.4) is 0 Å². The van der Waals surface area contributed by atoms with Crippen LogP contribution in [-0.4, -0.2) is 46.2 Å². The van der Waals surface area contributed by atoms with Crippen molar-refractivity contribution in [1.29, 1.82) is 0 Å². The third-order valence-corrected chi connectivity index (χ3v) is 4.51. The van der Waals surface area contributed by atoms with Crippen LogP contribution in [0.15, 0.2) is 24.3 Å². The Morgan fingerprint density at radius 3 is 3.08 bits per heavy atom. The monoisotopic (exact) mass is 328 g/mol. The molecule has 0 bridgehead atoms. The van der Waals surface area contributed by atoms with Crippen molar-refractivity contribution >= 4 is 5.97 Å². The van der Waals surface area contributed by atoms with Gasteiger partial charge in [0, 0.05) is 13.0 Å². The number of aromatic amines is 1. The minimum absolute atomic E-state index is 0.276. The van der Waals surface area contributed by atoms with Crippen molar-refractivity contribution < 1.29 is 9.53 Å². The molecule has 1 aliphatic heterocycles. The zero-order valence-electron chi connectivity index (χ0n) is 14.3. The Morgan fingerprint density at radius 1 is 1.46 bits per heavy atom. The molecule has 1 unspecified atom stereocenters. The Labute approximate surface area is 142 Å². The molecule has 0 saturated carbocycles. The lowest BCUT2D eigenvalue weighted by Crippen LogP contribution is -2.21. The number of esters is 1. The van der Waals surface area contributed by atoms with Crippen LogP contribution in [0.2, 0.25) is 0 Å². The van der Waals surface area contributed by atoms with Gasteiger partial charge in [-0.05, 0) is 43.0 Å². The lowest BCUT2D eigenvalue weighted by atomic mass is 9.97. The third-order valence-electron chi connectivity index (χ3n) is 4.51. The molecule has 0 aliphatic carbocycles. The van der Waals surface area contributed by atoms with Gasteiger partial charge in [0.05, 0.1) is 19.2 Å². The molecular weight excluding hydrogens is 304 g/mol. The van der Waals surface area contributed by atoms with E-state index < -0.39 is 0 Å². The second kappa shape index (κ2) is 7.57. The van der Waals surface area contributed by atoms with Gasteiger partial charge in [-0.2, -0.15) is 5.10 Å². The van der Waals surface area contributed by atoms with Gasteiger partial charge in [0.25, 0.3) is 0 Å². The zero-order valence-corrected chi connectivity index (χ0v) is 14.3. The summed E-state index contributed by atoms with van der Waals surface area (Å²) < 4.78 is 4.79. The smallest absolute Gasteiger partial charge is 0.337 e. The minimum Gasteiger partial charge on any atom is -0.465 e. The average molecular weight is 328 g/mol. The van der Waals surface area contributed by atoms with Crippen LogP contribution in [0.25, 0.3) is 0 Å². The van der Waals surface area contributed by atoms with Crippen LogP contribution in [0.5, 0.6) is 0 Å². The van der Waals surface area contributed by atoms with E-state index in [2.05, 4.69) is 33.1 Å². The summed E-state index contributed by atoms with van der Waals surface area (Å²) in [5, 5.41) is 7.21. The number of hydrogen-bond donors (Lipinski definition) is 1. The predicted molar refractivity (Wildman–Crippen MR) is 90.6 cm³/mol. The average Bonchev–Trinajstić information content (AvgIpc) is 3.24. The van der Waals surface area contributed by atoms with Gasteiger partial charge < -0.3 is 4.74 Å². The number of benzene rings is 1. The Bertz CT molecular complexity index is 698. The second-order valence-corrected chi connectivity index (χ2v) is 6.34. The van der Waals surface area contributed by atoms with Crippen LogP contribution < -0.4 is 0 Å². The van der Waals surface area contributed by atoms with Crippen LogP contribution in [-0.2, 0) is 24.1 Å². The van der Waals surface area contributed by atoms with Crippen molar-refractivity contribution in [2.45, 2.75) is 32.7 Å². The molecule has 0 spiro atoms. The number of H-pyrrole nitrogens is 1. The molecule has 2 aromatic rings. The largest absolute Gasteiger partial charge is 0.465 e. The van der Waals surface area contributed by atoms with Crippen molar-refractivity contribution in [1.82, 2.24) is 20.1 Å². The number of carbonyl (C=O) groups is 1. The molecule has 1 fully saturated rings. The van der Waals surface area contributed by atoms with E-state index in [4.69, 9.17) is 4.74 Å². The molecule has 24 heavy (non-hydrogen) atoms. The second-order valence-electron chi connectivity index (χ2n) is 6.34.